The van der Waals surface area contributed by atoms with Crippen molar-refractivity contribution in [3.8, 4) is 0 Å². The molecule has 0 aliphatic carbocycles. The lowest BCUT2D eigenvalue weighted by atomic mass is 9.90. The molecule has 3 aromatic rings. The normalized spacial score (nSPS) is 14.6. The maximum atomic E-state index is 12.8. The largest absolute Gasteiger partial charge is 0.395 e. The smallest absolute Gasteiger partial charge is 0.267 e. The van der Waals surface area contributed by atoms with Crippen LogP contribution in [0.15, 0.2) is 34.9 Å². The van der Waals surface area contributed by atoms with Crippen molar-refractivity contribution in [2.24, 2.45) is 0 Å². The predicted molar refractivity (Wildman–Crippen MR) is 104 cm³/mol. The summed E-state index contributed by atoms with van der Waals surface area (Å²) in [5.41, 5.74) is 2.18. The summed E-state index contributed by atoms with van der Waals surface area (Å²) in [5, 5.41) is 17.3. The number of aliphatic hydroxyl groups is 1. The van der Waals surface area contributed by atoms with E-state index in [4.69, 9.17) is 4.52 Å². The average molecular weight is 381 g/mol. The summed E-state index contributed by atoms with van der Waals surface area (Å²) in [6, 6.07) is 9.08. The van der Waals surface area contributed by atoms with Crippen molar-refractivity contribution in [1.29, 1.82) is 0 Å². The number of nitrogens with one attached hydrogen (secondary N) is 1. The minimum Gasteiger partial charge on any atom is -0.395 e. The van der Waals surface area contributed by atoms with Crippen LogP contribution in [0, 0.1) is 0 Å². The van der Waals surface area contributed by atoms with E-state index in [0.29, 0.717) is 29.3 Å². The third-order valence-corrected chi connectivity index (χ3v) is 5.29. The van der Waals surface area contributed by atoms with Crippen LogP contribution in [0.4, 0.5) is 0 Å². The van der Waals surface area contributed by atoms with E-state index in [1.54, 1.807) is 12.1 Å². The summed E-state index contributed by atoms with van der Waals surface area (Å²) in [5.74, 6) is 0.303. The van der Waals surface area contributed by atoms with Gasteiger partial charge < -0.3 is 19.5 Å². The molecule has 0 bridgehead atoms. The van der Waals surface area contributed by atoms with Gasteiger partial charge in [0.25, 0.3) is 5.91 Å². The molecule has 0 fully saturated rings. The number of ketones is 1. The van der Waals surface area contributed by atoms with Crippen LogP contribution in [0.1, 0.15) is 52.6 Å². The lowest BCUT2D eigenvalue weighted by Gasteiger charge is -2.16. The lowest BCUT2D eigenvalue weighted by Crippen LogP contribution is -2.22. The number of aliphatic hydroxyl groups excluding tert-OH is 1. The van der Waals surface area contributed by atoms with E-state index in [0.717, 1.165) is 23.9 Å². The van der Waals surface area contributed by atoms with Crippen molar-refractivity contribution >= 4 is 22.6 Å². The molecular formula is C21H23N3O4. The number of fused-ring (bicyclic) bond motifs is 3. The summed E-state index contributed by atoms with van der Waals surface area (Å²) >= 11 is 0. The number of hydrogen-bond acceptors (Lipinski definition) is 5. The second-order valence-electron chi connectivity index (χ2n) is 7.88. The first-order valence-electron chi connectivity index (χ1n) is 9.41. The number of nitrogens with zero attached hydrogens (tertiary/aromatic N) is 2. The number of rotatable bonds is 5. The van der Waals surface area contributed by atoms with Crippen molar-refractivity contribution in [2.45, 2.75) is 38.6 Å². The molecule has 4 rings (SSSR count). The number of amides is 1. The molecule has 0 atom stereocenters. The second kappa shape index (κ2) is 6.91. The molecule has 1 aliphatic heterocycles. The minimum atomic E-state index is -0.520. The second-order valence-corrected chi connectivity index (χ2v) is 7.88. The Morgan fingerprint density at radius 3 is 2.93 bits per heavy atom. The van der Waals surface area contributed by atoms with E-state index in [1.165, 1.54) is 0 Å². The SMILES string of the molecule is CC(C)(CO)c1cc(CC(=O)c2ccc3cc4n(c3c2)CCCNC4=O)on1. The first kappa shape index (κ1) is 18.4. The Kier molecular flexibility index (Phi) is 4.55. The van der Waals surface area contributed by atoms with Gasteiger partial charge in [-0.2, -0.15) is 0 Å². The Morgan fingerprint density at radius 2 is 2.14 bits per heavy atom. The van der Waals surface area contributed by atoms with Gasteiger partial charge >= 0.3 is 0 Å². The van der Waals surface area contributed by atoms with Crippen molar-refractivity contribution in [3.05, 3.63) is 53.0 Å². The molecule has 1 aromatic carbocycles. The molecular weight excluding hydrogens is 358 g/mol. The zero-order valence-corrected chi connectivity index (χ0v) is 16.0. The third-order valence-electron chi connectivity index (χ3n) is 5.29. The molecule has 1 amide bonds. The Balaban J connectivity index is 1.61. The topological polar surface area (TPSA) is 97.4 Å². The van der Waals surface area contributed by atoms with Crippen molar-refractivity contribution in [2.75, 3.05) is 13.2 Å². The Bertz CT molecular complexity index is 1060. The summed E-state index contributed by atoms with van der Waals surface area (Å²) in [4.78, 5) is 25.0. The van der Waals surface area contributed by atoms with Crippen LogP contribution in [-0.4, -0.2) is 39.7 Å². The molecule has 0 saturated heterocycles. The number of hydrogen-bond donors (Lipinski definition) is 2. The zero-order chi connectivity index (χ0) is 19.9. The number of aromatic nitrogens is 2. The fourth-order valence-corrected chi connectivity index (χ4v) is 3.44. The van der Waals surface area contributed by atoms with Crippen LogP contribution in [0.2, 0.25) is 0 Å². The van der Waals surface area contributed by atoms with E-state index in [9.17, 15) is 14.7 Å². The highest BCUT2D eigenvalue weighted by Gasteiger charge is 2.25. The molecule has 2 aromatic heterocycles. The molecule has 7 heteroatoms. The van der Waals surface area contributed by atoms with Crippen LogP contribution >= 0.6 is 0 Å². The molecule has 28 heavy (non-hydrogen) atoms. The van der Waals surface area contributed by atoms with E-state index in [1.807, 2.05) is 36.6 Å². The monoisotopic (exact) mass is 381 g/mol. The molecule has 146 valence electrons. The quantitative estimate of drug-likeness (QED) is 0.662. The van der Waals surface area contributed by atoms with Crippen molar-refractivity contribution < 1.29 is 19.2 Å². The van der Waals surface area contributed by atoms with Gasteiger partial charge in [0.1, 0.15) is 11.5 Å². The molecule has 0 saturated carbocycles. The van der Waals surface area contributed by atoms with Gasteiger partial charge in [-0.25, -0.2) is 0 Å². The van der Waals surface area contributed by atoms with E-state index in [-0.39, 0.29) is 24.7 Å². The Morgan fingerprint density at radius 1 is 1.32 bits per heavy atom. The molecule has 0 spiro atoms. The summed E-state index contributed by atoms with van der Waals surface area (Å²) < 4.78 is 7.28. The van der Waals surface area contributed by atoms with Crippen LogP contribution in [0.3, 0.4) is 0 Å². The number of Topliss-reactive ketones (excluding diaryl/α,β-unsaturated/α-hetero) is 1. The van der Waals surface area contributed by atoms with E-state index >= 15 is 0 Å². The van der Waals surface area contributed by atoms with Gasteiger partial charge in [-0.1, -0.05) is 31.1 Å². The van der Waals surface area contributed by atoms with Crippen LogP contribution < -0.4 is 5.32 Å². The van der Waals surface area contributed by atoms with Gasteiger partial charge in [-0.05, 0) is 18.6 Å². The molecule has 2 N–H and O–H groups in total. The van der Waals surface area contributed by atoms with E-state index < -0.39 is 5.41 Å². The first-order valence-corrected chi connectivity index (χ1v) is 9.41. The van der Waals surface area contributed by atoms with E-state index in [2.05, 4.69) is 10.5 Å². The molecule has 0 unspecified atom stereocenters. The molecule has 1 aliphatic rings. The highest BCUT2D eigenvalue weighted by molar-refractivity contribution is 6.03. The number of benzene rings is 1. The van der Waals surface area contributed by atoms with Crippen molar-refractivity contribution in [1.82, 2.24) is 15.0 Å². The highest BCUT2D eigenvalue weighted by atomic mass is 16.5. The highest BCUT2D eigenvalue weighted by Crippen LogP contribution is 2.25. The Labute approximate surface area is 162 Å². The fourth-order valence-electron chi connectivity index (χ4n) is 3.44. The zero-order valence-electron chi connectivity index (χ0n) is 16.0. The molecule has 7 nitrogen and oxygen atoms in total. The summed E-state index contributed by atoms with van der Waals surface area (Å²) in [6.45, 7) is 5.05. The Hall–Kier alpha value is -2.93. The summed E-state index contributed by atoms with van der Waals surface area (Å²) in [7, 11) is 0. The third kappa shape index (κ3) is 3.22. The molecule has 3 heterocycles. The fraction of sp³-hybridized carbons (Fsp3) is 0.381. The molecule has 0 radical (unpaired) electrons. The average Bonchev–Trinajstić information content (AvgIpc) is 3.25. The first-order chi connectivity index (χ1) is 13.4. The minimum absolute atomic E-state index is 0.0590. The van der Waals surface area contributed by atoms with Gasteiger partial charge in [0.05, 0.1) is 18.7 Å². The maximum Gasteiger partial charge on any atom is 0.267 e. The van der Waals surface area contributed by atoms with Gasteiger partial charge in [0, 0.05) is 41.0 Å². The van der Waals surface area contributed by atoms with Crippen molar-refractivity contribution in [3.63, 3.8) is 0 Å². The van der Waals surface area contributed by atoms with Crippen LogP contribution in [-0.2, 0) is 18.4 Å². The van der Waals surface area contributed by atoms with Gasteiger partial charge in [-0.3, -0.25) is 9.59 Å². The van der Waals surface area contributed by atoms with Gasteiger partial charge in [0.2, 0.25) is 0 Å². The van der Waals surface area contributed by atoms with Crippen LogP contribution in [0.25, 0.3) is 10.9 Å². The summed E-state index contributed by atoms with van der Waals surface area (Å²) in [6.07, 6.45) is 0.941. The van der Waals surface area contributed by atoms with Gasteiger partial charge in [0.15, 0.2) is 5.78 Å². The number of aryl methyl sites for hydroxylation is 1. The number of carbonyl (C=O) groups excluding carboxylic acids is 2. The van der Waals surface area contributed by atoms with Crippen LogP contribution in [0.5, 0.6) is 0 Å². The number of carbonyl (C=O) groups is 2. The van der Waals surface area contributed by atoms with Gasteiger partial charge in [-0.15, -0.1) is 0 Å². The lowest BCUT2D eigenvalue weighted by molar-refractivity contribution is 0.0949. The standard InChI is InChI=1S/C21H23N3O4/c1-21(2,12-25)19-11-15(28-23-19)10-18(26)14-5-4-13-8-17-20(27)22-6-3-7-24(17)16(13)9-14/h4-5,8-9,11,25H,3,6-7,10,12H2,1-2H3,(H,22,27). The predicted octanol–water partition coefficient (Wildman–Crippen LogP) is 2.46. The maximum absolute atomic E-state index is 12.8.